The first kappa shape index (κ1) is 10.4. The van der Waals surface area contributed by atoms with Gasteiger partial charge in [0.15, 0.2) is 0 Å². The predicted molar refractivity (Wildman–Crippen MR) is 61.8 cm³/mol. The lowest BCUT2D eigenvalue weighted by molar-refractivity contribution is -0.122. The summed E-state index contributed by atoms with van der Waals surface area (Å²) in [5.74, 6) is 0.905. The Hall–Kier alpha value is -1.11. The molecule has 1 nitrogen and oxygen atoms in total. The van der Waals surface area contributed by atoms with Gasteiger partial charge in [0.2, 0.25) is 0 Å². The van der Waals surface area contributed by atoms with Gasteiger partial charge in [-0.3, -0.25) is 4.79 Å². The number of ketones is 1. The average molecular weight is 202 g/mol. The number of carbonyl (C=O) groups excluding carboxylic acids is 1. The Labute approximate surface area is 91.5 Å². The molecule has 0 amide bonds. The maximum atomic E-state index is 12.1. The first-order valence-corrected chi connectivity index (χ1v) is 5.74. The second-order valence-electron chi connectivity index (χ2n) is 4.97. The average Bonchev–Trinajstić information content (AvgIpc) is 2.99. The molecule has 1 fully saturated rings. The van der Waals surface area contributed by atoms with E-state index in [1.54, 1.807) is 0 Å². The zero-order valence-corrected chi connectivity index (χ0v) is 9.49. The van der Waals surface area contributed by atoms with Crippen molar-refractivity contribution in [2.75, 3.05) is 0 Å². The van der Waals surface area contributed by atoms with Crippen molar-refractivity contribution in [1.82, 2.24) is 0 Å². The van der Waals surface area contributed by atoms with Crippen LogP contribution >= 0.6 is 0 Å². The molecule has 1 heteroatoms. The van der Waals surface area contributed by atoms with Crippen molar-refractivity contribution in [3.05, 3.63) is 35.9 Å². The molecule has 0 aliphatic heterocycles. The van der Waals surface area contributed by atoms with Crippen LogP contribution in [-0.4, -0.2) is 5.78 Å². The van der Waals surface area contributed by atoms with Crippen molar-refractivity contribution >= 4 is 5.78 Å². The van der Waals surface area contributed by atoms with Gasteiger partial charge in [-0.15, -0.1) is 0 Å². The summed E-state index contributed by atoms with van der Waals surface area (Å²) >= 11 is 0. The van der Waals surface area contributed by atoms with Gasteiger partial charge in [-0.05, 0) is 24.3 Å². The van der Waals surface area contributed by atoms with Crippen molar-refractivity contribution in [3.8, 4) is 0 Å². The SMILES string of the molecule is CC(C)CC(=O)C1(c2ccccc2)CC1. The van der Waals surface area contributed by atoms with E-state index in [-0.39, 0.29) is 5.41 Å². The van der Waals surface area contributed by atoms with Crippen molar-refractivity contribution < 1.29 is 4.79 Å². The fourth-order valence-electron chi connectivity index (χ4n) is 2.18. The second-order valence-corrected chi connectivity index (χ2v) is 4.97. The minimum absolute atomic E-state index is 0.106. The zero-order chi connectivity index (χ0) is 10.9. The number of Topliss-reactive ketones (excluding diaryl/α,β-unsaturated/α-hetero) is 1. The second kappa shape index (κ2) is 3.80. The summed E-state index contributed by atoms with van der Waals surface area (Å²) in [6, 6.07) is 10.2. The summed E-state index contributed by atoms with van der Waals surface area (Å²) in [5.41, 5.74) is 1.11. The first-order valence-electron chi connectivity index (χ1n) is 5.74. The molecule has 0 N–H and O–H groups in total. The van der Waals surface area contributed by atoms with Gasteiger partial charge in [0.05, 0.1) is 5.41 Å². The van der Waals surface area contributed by atoms with Crippen molar-refractivity contribution in [1.29, 1.82) is 0 Å². The Morgan fingerprint density at radius 1 is 1.27 bits per heavy atom. The highest BCUT2D eigenvalue weighted by Gasteiger charge is 2.50. The normalized spacial score (nSPS) is 17.8. The van der Waals surface area contributed by atoms with E-state index in [2.05, 4.69) is 26.0 Å². The van der Waals surface area contributed by atoms with E-state index in [4.69, 9.17) is 0 Å². The van der Waals surface area contributed by atoms with Crippen LogP contribution in [0.2, 0.25) is 0 Å². The lowest BCUT2D eigenvalue weighted by atomic mass is 9.87. The highest BCUT2D eigenvalue weighted by atomic mass is 16.1. The van der Waals surface area contributed by atoms with Gasteiger partial charge in [0.1, 0.15) is 5.78 Å². The van der Waals surface area contributed by atoms with E-state index in [9.17, 15) is 4.79 Å². The van der Waals surface area contributed by atoms with Gasteiger partial charge < -0.3 is 0 Å². The van der Waals surface area contributed by atoms with E-state index in [1.807, 2.05) is 18.2 Å². The van der Waals surface area contributed by atoms with Crippen LogP contribution in [0.15, 0.2) is 30.3 Å². The summed E-state index contributed by atoms with van der Waals surface area (Å²) in [6.07, 6.45) is 2.81. The van der Waals surface area contributed by atoms with Crippen LogP contribution < -0.4 is 0 Å². The summed E-state index contributed by atoms with van der Waals surface area (Å²) in [6.45, 7) is 4.22. The third kappa shape index (κ3) is 1.97. The molecule has 0 aromatic heterocycles. The third-order valence-corrected chi connectivity index (χ3v) is 3.20. The molecule has 80 valence electrons. The van der Waals surface area contributed by atoms with Crippen molar-refractivity contribution in [2.45, 2.75) is 38.5 Å². The standard InChI is InChI=1S/C14H18O/c1-11(2)10-13(15)14(8-9-14)12-6-4-3-5-7-12/h3-7,11H,8-10H2,1-2H3. The Morgan fingerprint density at radius 3 is 2.33 bits per heavy atom. The van der Waals surface area contributed by atoms with Crippen LogP contribution in [0.1, 0.15) is 38.7 Å². The Morgan fingerprint density at radius 2 is 1.87 bits per heavy atom. The number of hydrogen-bond acceptors (Lipinski definition) is 1. The molecular formula is C14H18O. The number of carbonyl (C=O) groups is 1. The fraction of sp³-hybridized carbons (Fsp3) is 0.500. The van der Waals surface area contributed by atoms with E-state index < -0.39 is 0 Å². The van der Waals surface area contributed by atoms with Gasteiger partial charge in [-0.25, -0.2) is 0 Å². The third-order valence-electron chi connectivity index (χ3n) is 3.20. The molecule has 0 radical (unpaired) electrons. The molecule has 0 unspecified atom stereocenters. The van der Waals surface area contributed by atoms with Gasteiger partial charge in [0.25, 0.3) is 0 Å². The van der Waals surface area contributed by atoms with E-state index in [0.717, 1.165) is 19.3 Å². The monoisotopic (exact) mass is 202 g/mol. The lowest BCUT2D eigenvalue weighted by Crippen LogP contribution is -2.21. The molecule has 1 aromatic carbocycles. The maximum Gasteiger partial charge on any atom is 0.143 e. The van der Waals surface area contributed by atoms with Crippen LogP contribution in [0.3, 0.4) is 0 Å². The van der Waals surface area contributed by atoms with Gasteiger partial charge in [-0.1, -0.05) is 44.2 Å². The summed E-state index contributed by atoms with van der Waals surface area (Å²) in [5, 5.41) is 0. The topological polar surface area (TPSA) is 17.1 Å². The highest BCUT2D eigenvalue weighted by molar-refractivity contribution is 5.93. The molecule has 15 heavy (non-hydrogen) atoms. The molecule has 0 spiro atoms. The molecule has 0 heterocycles. The lowest BCUT2D eigenvalue weighted by Gasteiger charge is -2.15. The van der Waals surface area contributed by atoms with E-state index >= 15 is 0 Å². The Balaban J connectivity index is 2.18. The van der Waals surface area contributed by atoms with Crippen molar-refractivity contribution in [3.63, 3.8) is 0 Å². The van der Waals surface area contributed by atoms with Crippen LogP contribution in [0.5, 0.6) is 0 Å². The predicted octanol–water partition coefficient (Wildman–Crippen LogP) is 3.33. The van der Waals surface area contributed by atoms with Gasteiger partial charge in [-0.2, -0.15) is 0 Å². The van der Waals surface area contributed by atoms with Crippen LogP contribution in [-0.2, 0) is 10.2 Å². The molecular weight excluding hydrogens is 184 g/mol. The molecule has 0 atom stereocenters. The smallest absolute Gasteiger partial charge is 0.143 e. The number of hydrogen-bond donors (Lipinski definition) is 0. The fourth-order valence-corrected chi connectivity index (χ4v) is 2.18. The largest absolute Gasteiger partial charge is 0.299 e. The first-order chi connectivity index (χ1) is 7.15. The van der Waals surface area contributed by atoms with E-state index in [0.29, 0.717) is 11.7 Å². The minimum Gasteiger partial charge on any atom is -0.299 e. The Bertz CT molecular complexity index is 347. The number of benzene rings is 1. The maximum absolute atomic E-state index is 12.1. The molecule has 2 rings (SSSR count). The molecule has 1 aliphatic rings. The molecule has 0 saturated heterocycles. The molecule has 1 aliphatic carbocycles. The van der Waals surface area contributed by atoms with Crippen LogP contribution in [0.4, 0.5) is 0 Å². The Kier molecular flexibility index (Phi) is 2.64. The van der Waals surface area contributed by atoms with E-state index in [1.165, 1.54) is 5.56 Å². The van der Waals surface area contributed by atoms with Gasteiger partial charge >= 0.3 is 0 Å². The minimum atomic E-state index is -0.106. The summed E-state index contributed by atoms with van der Waals surface area (Å²) < 4.78 is 0. The van der Waals surface area contributed by atoms with Gasteiger partial charge in [0, 0.05) is 6.42 Å². The molecule has 1 saturated carbocycles. The molecule has 0 bridgehead atoms. The summed E-state index contributed by atoms with van der Waals surface area (Å²) in [7, 11) is 0. The molecule has 1 aromatic rings. The zero-order valence-electron chi connectivity index (χ0n) is 9.49. The van der Waals surface area contributed by atoms with Crippen molar-refractivity contribution in [2.24, 2.45) is 5.92 Å². The quantitative estimate of drug-likeness (QED) is 0.732. The number of rotatable bonds is 4. The highest BCUT2D eigenvalue weighted by Crippen LogP contribution is 2.49. The van der Waals surface area contributed by atoms with Crippen LogP contribution in [0, 0.1) is 5.92 Å². The summed E-state index contributed by atoms with van der Waals surface area (Å²) in [4.78, 5) is 12.1. The van der Waals surface area contributed by atoms with Crippen LogP contribution in [0.25, 0.3) is 0 Å².